The van der Waals surface area contributed by atoms with Gasteiger partial charge in [0.25, 0.3) is 5.91 Å². The molecule has 7 nitrogen and oxygen atoms in total. The predicted molar refractivity (Wildman–Crippen MR) is 95.8 cm³/mol. The molecule has 1 heterocycles. The number of nitrogens with zero attached hydrogens (tertiary/aromatic N) is 2. The van der Waals surface area contributed by atoms with Crippen LogP contribution in [0, 0.1) is 0 Å². The summed E-state index contributed by atoms with van der Waals surface area (Å²) < 4.78 is 17.8. The van der Waals surface area contributed by atoms with E-state index in [0.29, 0.717) is 35.2 Å². The average molecular weight is 347 g/mol. The molecule has 2 rings (SSSR count). The largest absolute Gasteiger partial charge is 0.497 e. The number of benzene rings is 1. The van der Waals surface area contributed by atoms with E-state index in [1.54, 1.807) is 43.3 Å². The van der Waals surface area contributed by atoms with Crippen LogP contribution in [0.1, 0.15) is 37.0 Å². The maximum absolute atomic E-state index is 12.7. The third-order valence-electron chi connectivity index (χ3n) is 3.52. The van der Waals surface area contributed by atoms with Gasteiger partial charge in [0.2, 0.25) is 5.88 Å². The summed E-state index contributed by atoms with van der Waals surface area (Å²) in [5.74, 6) is 1.22. The highest BCUT2D eigenvalue weighted by Crippen LogP contribution is 2.30. The third kappa shape index (κ3) is 4.65. The molecule has 0 bridgehead atoms. The Hall–Kier alpha value is -2.70. The van der Waals surface area contributed by atoms with Crippen LogP contribution in [0.15, 0.2) is 24.4 Å². The SMILES string of the molecule is CCCOc1nn(CCC)cc1C(=O)Nc1ccc(OC)cc1OC. The molecule has 0 saturated heterocycles. The van der Waals surface area contributed by atoms with Crippen LogP contribution < -0.4 is 19.5 Å². The molecule has 0 unspecified atom stereocenters. The number of amides is 1. The molecule has 1 aromatic heterocycles. The van der Waals surface area contributed by atoms with Crippen molar-refractivity contribution in [3.05, 3.63) is 30.0 Å². The Kier molecular flexibility index (Phi) is 6.68. The van der Waals surface area contributed by atoms with Crippen LogP contribution >= 0.6 is 0 Å². The zero-order valence-corrected chi connectivity index (χ0v) is 15.2. The molecule has 136 valence electrons. The lowest BCUT2D eigenvalue weighted by atomic mass is 10.2. The first-order valence-corrected chi connectivity index (χ1v) is 8.36. The van der Waals surface area contributed by atoms with Crippen molar-refractivity contribution in [2.24, 2.45) is 0 Å². The Labute approximate surface area is 147 Å². The predicted octanol–water partition coefficient (Wildman–Crippen LogP) is 3.35. The fraction of sp³-hybridized carbons (Fsp3) is 0.444. The minimum atomic E-state index is -0.295. The number of rotatable bonds is 9. The molecule has 0 radical (unpaired) electrons. The Balaban J connectivity index is 2.25. The van der Waals surface area contributed by atoms with E-state index in [1.165, 1.54) is 0 Å². The summed E-state index contributed by atoms with van der Waals surface area (Å²) >= 11 is 0. The second-order valence-electron chi connectivity index (χ2n) is 5.48. The molecule has 0 aliphatic rings. The highest BCUT2D eigenvalue weighted by molar-refractivity contribution is 6.06. The molecule has 0 aliphatic carbocycles. The highest BCUT2D eigenvalue weighted by Gasteiger charge is 2.19. The number of carbonyl (C=O) groups excluding carboxylic acids is 1. The quantitative estimate of drug-likeness (QED) is 0.753. The monoisotopic (exact) mass is 347 g/mol. The van der Waals surface area contributed by atoms with Gasteiger partial charge in [-0.2, -0.15) is 0 Å². The Morgan fingerprint density at radius 3 is 2.64 bits per heavy atom. The fourth-order valence-electron chi connectivity index (χ4n) is 2.30. The van der Waals surface area contributed by atoms with Gasteiger partial charge in [0, 0.05) is 18.8 Å². The van der Waals surface area contributed by atoms with Crippen molar-refractivity contribution < 1.29 is 19.0 Å². The molecular weight excluding hydrogens is 322 g/mol. The Morgan fingerprint density at radius 2 is 2.00 bits per heavy atom. The second-order valence-corrected chi connectivity index (χ2v) is 5.48. The zero-order chi connectivity index (χ0) is 18.2. The number of aromatic nitrogens is 2. The van der Waals surface area contributed by atoms with Gasteiger partial charge in [-0.15, -0.1) is 5.10 Å². The molecular formula is C18H25N3O4. The number of aryl methyl sites for hydroxylation is 1. The molecule has 0 atom stereocenters. The van der Waals surface area contributed by atoms with Gasteiger partial charge >= 0.3 is 0 Å². The Morgan fingerprint density at radius 1 is 1.20 bits per heavy atom. The van der Waals surface area contributed by atoms with E-state index in [-0.39, 0.29) is 5.91 Å². The van der Waals surface area contributed by atoms with Gasteiger partial charge in [0.1, 0.15) is 17.1 Å². The Bertz CT molecular complexity index is 712. The number of methoxy groups -OCH3 is 2. The summed E-state index contributed by atoms with van der Waals surface area (Å²) in [5.41, 5.74) is 0.956. The highest BCUT2D eigenvalue weighted by atomic mass is 16.5. The van der Waals surface area contributed by atoms with Gasteiger partial charge < -0.3 is 19.5 Å². The van der Waals surface area contributed by atoms with Gasteiger partial charge in [-0.05, 0) is 25.0 Å². The van der Waals surface area contributed by atoms with E-state index in [2.05, 4.69) is 17.3 Å². The molecule has 0 fully saturated rings. The standard InChI is InChI=1S/C18H25N3O4/c1-5-9-21-12-14(18(20-21)25-10-6-2)17(22)19-15-8-7-13(23-3)11-16(15)24-4/h7-8,11-12H,5-6,9-10H2,1-4H3,(H,19,22). The maximum Gasteiger partial charge on any atom is 0.262 e. The number of nitrogens with one attached hydrogen (secondary N) is 1. The van der Waals surface area contributed by atoms with Crippen molar-refractivity contribution in [2.45, 2.75) is 33.2 Å². The first-order chi connectivity index (χ1) is 12.1. The van der Waals surface area contributed by atoms with Gasteiger partial charge in [-0.3, -0.25) is 9.48 Å². The summed E-state index contributed by atoms with van der Waals surface area (Å²) in [6.07, 6.45) is 3.47. The van der Waals surface area contributed by atoms with Gasteiger partial charge in [-0.1, -0.05) is 13.8 Å². The van der Waals surface area contributed by atoms with Crippen LogP contribution in [0.3, 0.4) is 0 Å². The van der Waals surface area contributed by atoms with Crippen LogP contribution in [0.2, 0.25) is 0 Å². The number of ether oxygens (including phenoxy) is 3. The summed E-state index contributed by atoms with van der Waals surface area (Å²) in [7, 11) is 3.12. The molecule has 1 aromatic carbocycles. The molecule has 25 heavy (non-hydrogen) atoms. The van der Waals surface area contributed by atoms with Crippen molar-refractivity contribution in [3.8, 4) is 17.4 Å². The lowest BCUT2D eigenvalue weighted by Gasteiger charge is -2.11. The smallest absolute Gasteiger partial charge is 0.262 e. The molecule has 1 N–H and O–H groups in total. The first kappa shape index (κ1) is 18.6. The summed E-state index contributed by atoms with van der Waals surface area (Å²) in [6.45, 7) is 5.29. The number of carbonyl (C=O) groups is 1. The molecule has 2 aromatic rings. The van der Waals surface area contributed by atoms with E-state index < -0.39 is 0 Å². The van der Waals surface area contributed by atoms with Crippen molar-refractivity contribution in [2.75, 3.05) is 26.1 Å². The molecule has 7 heteroatoms. The minimum absolute atomic E-state index is 0.295. The third-order valence-corrected chi connectivity index (χ3v) is 3.52. The molecule has 0 spiro atoms. The van der Waals surface area contributed by atoms with Crippen LogP contribution in [0.4, 0.5) is 5.69 Å². The first-order valence-electron chi connectivity index (χ1n) is 8.36. The molecule has 0 aliphatic heterocycles. The van der Waals surface area contributed by atoms with Crippen LogP contribution in [-0.4, -0.2) is 36.5 Å². The number of hydrogen-bond acceptors (Lipinski definition) is 5. The van der Waals surface area contributed by atoms with Crippen molar-refractivity contribution in [1.82, 2.24) is 9.78 Å². The van der Waals surface area contributed by atoms with Crippen molar-refractivity contribution in [1.29, 1.82) is 0 Å². The van der Waals surface area contributed by atoms with Crippen molar-refractivity contribution in [3.63, 3.8) is 0 Å². The number of anilines is 1. The lowest BCUT2D eigenvalue weighted by Crippen LogP contribution is -2.13. The summed E-state index contributed by atoms with van der Waals surface area (Å²) in [5, 5.41) is 7.20. The summed E-state index contributed by atoms with van der Waals surface area (Å²) in [4.78, 5) is 12.7. The minimum Gasteiger partial charge on any atom is -0.497 e. The van der Waals surface area contributed by atoms with Crippen LogP contribution in [-0.2, 0) is 6.54 Å². The topological polar surface area (TPSA) is 74.6 Å². The van der Waals surface area contributed by atoms with Crippen LogP contribution in [0.5, 0.6) is 17.4 Å². The maximum atomic E-state index is 12.7. The number of hydrogen-bond donors (Lipinski definition) is 1. The second kappa shape index (κ2) is 8.96. The van der Waals surface area contributed by atoms with E-state index >= 15 is 0 Å². The molecule has 0 saturated carbocycles. The van der Waals surface area contributed by atoms with Gasteiger partial charge in [0.05, 0.1) is 26.5 Å². The van der Waals surface area contributed by atoms with Gasteiger partial charge in [0.15, 0.2) is 0 Å². The molecule has 1 amide bonds. The van der Waals surface area contributed by atoms with E-state index in [0.717, 1.165) is 19.4 Å². The van der Waals surface area contributed by atoms with E-state index in [1.807, 2.05) is 6.92 Å². The van der Waals surface area contributed by atoms with E-state index in [4.69, 9.17) is 14.2 Å². The van der Waals surface area contributed by atoms with Gasteiger partial charge in [-0.25, -0.2) is 0 Å². The van der Waals surface area contributed by atoms with Crippen LogP contribution in [0.25, 0.3) is 0 Å². The zero-order valence-electron chi connectivity index (χ0n) is 15.2. The summed E-state index contributed by atoms with van der Waals surface area (Å²) in [6, 6.07) is 5.20. The normalized spacial score (nSPS) is 10.4. The van der Waals surface area contributed by atoms with E-state index in [9.17, 15) is 4.79 Å². The lowest BCUT2D eigenvalue weighted by molar-refractivity contribution is 0.102. The average Bonchev–Trinajstić information content (AvgIpc) is 3.03. The fourth-order valence-corrected chi connectivity index (χ4v) is 2.30. The van der Waals surface area contributed by atoms with Crippen molar-refractivity contribution >= 4 is 11.6 Å².